The summed E-state index contributed by atoms with van der Waals surface area (Å²) in [6.07, 6.45) is 3.53. The van der Waals surface area contributed by atoms with Crippen molar-refractivity contribution in [1.29, 1.82) is 0 Å². The average molecular weight is 326 g/mol. The van der Waals surface area contributed by atoms with Gasteiger partial charge in [0.1, 0.15) is 11.5 Å². The number of H-pyrrole nitrogens is 1. The molecule has 3 fully saturated rings. The van der Waals surface area contributed by atoms with E-state index in [1.807, 2.05) is 4.90 Å². The topological polar surface area (TPSA) is 52.2 Å². The van der Waals surface area contributed by atoms with Gasteiger partial charge in [-0.1, -0.05) is 0 Å². The Morgan fingerprint density at radius 3 is 2.71 bits per heavy atom. The van der Waals surface area contributed by atoms with Crippen LogP contribution in [0.4, 0.5) is 4.39 Å². The molecule has 1 saturated carbocycles. The van der Waals surface area contributed by atoms with Gasteiger partial charge in [0.2, 0.25) is 0 Å². The summed E-state index contributed by atoms with van der Waals surface area (Å²) in [6, 6.07) is 8.28. The molecule has 2 aromatic rings. The third-order valence-corrected chi connectivity index (χ3v) is 6.11. The van der Waals surface area contributed by atoms with Crippen LogP contribution >= 0.6 is 0 Å². The molecule has 1 spiro atoms. The highest BCUT2D eigenvalue weighted by Gasteiger charge is 2.61. The van der Waals surface area contributed by atoms with Crippen molar-refractivity contribution in [1.82, 2.24) is 20.0 Å². The van der Waals surface area contributed by atoms with Gasteiger partial charge in [-0.05, 0) is 49.6 Å². The molecule has 124 valence electrons. The number of hydrogen-bond donors (Lipinski definition) is 1. The van der Waals surface area contributed by atoms with Crippen molar-refractivity contribution in [3.8, 4) is 11.3 Å². The van der Waals surface area contributed by atoms with Gasteiger partial charge in [-0.2, -0.15) is 5.10 Å². The summed E-state index contributed by atoms with van der Waals surface area (Å²) in [5.74, 6) is -0.245. The number of aromatic nitrogens is 2. The molecule has 2 atom stereocenters. The van der Waals surface area contributed by atoms with Crippen LogP contribution in [0.25, 0.3) is 11.3 Å². The summed E-state index contributed by atoms with van der Waals surface area (Å²) in [5.41, 5.74) is 2.26. The van der Waals surface area contributed by atoms with Crippen LogP contribution in [-0.2, 0) is 0 Å². The van der Waals surface area contributed by atoms with Gasteiger partial charge < -0.3 is 4.90 Å². The van der Waals surface area contributed by atoms with Gasteiger partial charge in [0, 0.05) is 30.7 Å². The molecule has 1 aromatic heterocycles. The van der Waals surface area contributed by atoms with Crippen molar-refractivity contribution in [3.05, 3.63) is 41.8 Å². The molecule has 24 heavy (non-hydrogen) atoms. The van der Waals surface area contributed by atoms with Crippen LogP contribution in [-0.4, -0.2) is 57.1 Å². The van der Waals surface area contributed by atoms with E-state index in [9.17, 15) is 9.18 Å². The van der Waals surface area contributed by atoms with Crippen molar-refractivity contribution in [2.45, 2.75) is 30.8 Å². The van der Waals surface area contributed by atoms with Crippen molar-refractivity contribution in [2.75, 3.05) is 19.6 Å². The van der Waals surface area contributed by atoms with Gasteiger partial charge >= 0.3 is 0 Å². The third kappa shape index (κ3) is 1.83. The fourth-order valence-corrected chi connectivity index (χ4v) is 4.59. The second-order valence-electron chi connectivity index (χ2n) is 7.07. The quantitative estimate of drug-likeness (QED) is 0.921. The molecule has 1 amide bonds. The first kappa shape index (κ1) is 14.2. The summed E-state index contributed by atoms with van der Waals surface area (Å²) in [7, 11) is 0. The van der Waals surface area contributed by atoms with Crippen LogP contribution < -0.4 is 0 Å². The molecule has 5 rings (SSSR count). The highest BCUT2D eigenvalue weighted by atomic mass is 19.1. The van der Waals surface area contributed by atoms with E-state index in [0.717, 1.165) is 25.1 Å². The minimum Gasteiger partial charge on any atom is -0.331 e. The van der Waals surface area contributed by atoms with E-state index < -0.39 is 0 Å². The maximum absolute atomic E-state index is 13.0. The number of benzene rings is 1. The van der Waals surface area contributed by atoms with E-state index in [2.05, 4.69) is 15.1 Å². The molecule has 5 nitrogen and oxygen atoms in total. The minimum absolute atomic E-state index is 0.0338. The van der Waals surface area contributed by atoms with Gasteiger partial charge in [0.15, 0.2) is 0 Å². The monoisotopic (exact) mass is 326 g/mol. The Bertz CT molecular complexity index is 798. The van der Waals surface area contributed by atoms with E-state index in [1.165, 1.54) is 31.5 Å². The van der Waals surface area contributed by atoms with E-state index in [-0.39, 0.29) is 17.3 Å². The number of amides is 1. The van der Waals surface area contributed by atoms with E-state index >= 15 is 0 Å². The van der Waals surface area contributed by atoms with Gasteiger partial charge in [-0.15, -0.1) is 0 Å². The summed E-state index contributed by atoms with van der Waals surface area (Å²) in [4.78, 5) is 17.5. The molecular formula is C18H19FN4O. The first-order chi connectivity index (χ1) is 11.7. The lowest BCUT2D eigenvalue weighted by Crippen LogP contribution is -2.79. The van der Waals surface area contributed by atoms with Crippen molar-refractivity contribution < 1.29 is 9.18 Å². The fourth-order valence-electron chi connectivity index (χ4n) is 4.59. The first-order valence-corrected chi connectivity index (χ1v) is 8.55. The predicted molar refractivity (Wildman–Crippen MR) is 87.0 cm³/mol. The van der Waals surface area contributed by atoms with Crippen LogP contribution in [0.3, 0.4) is 0 Å². The Labute approximate surface area is 139 Å². The molecule has 2 aliphatic heterocycles. The molecule has 1 aliphatic carbocycles. The lowest BCUT2D eigenvalue weighted by Gasteiger charge is -2.68. The third-order valence-electron chi connectivity index (χ3n) is 6.11. The van der Waals surface area contributed by atoms with Crippen molar-refractivity contribution >= 4 is 5.91 Å². The molecule has 0 radical (unpaired) electrons. The number of carbonyl (C=O) groups excluding carboxylic acids is 1. The zero-order valence-electron chi connectivity index (χ0n) is 13.3. The van der Waals surface area contributed by atoms with Gasteiger partial charge in [0.25, 0.3) is 5.91 Å². The van der Waals surface area contributed by atoms with Crippen LogP contribution in [0.1, 0.15) is 29.8 Å². The first-order valence-electron chi connectivity index (χ1n) is 8.55. The number of rotatable bonds is 2. The number of halogens is 1. The molecular weight excluding hydrogens is 307 g/mol. The molecule has 1 N–H and O–H groups in total. The van der Waals surface area contributed by atoms with Gasteiger partial charge in [-0.25, -0.2) is 4.39 Å². The Hall–Kier alpha value is -2.21. The molecule has 3 heterocycles. The Kier molecular flexibility index (Phi) is 2.89. The Morgan fingerprint density at radius 1 is 1.21 bits per heavy atom. The fraction of sp³-hybridized carbons (Fsp3) is 0.444. The molecule has 6 heteroatoms. The minimum atomic E-state index is -0.278. The number of carbonyl (C=O) groups is 1. The maximum Gasteiger partial charge on any atom is 0.272 e. The second-order valence-corrected chi connectivity index (χ2v) is 7.07. The smallest absolute Gasteiger partial charge is 0.272 e. The maximum atomic E-state index is 13.0. The molecule has 2 saturated heterocycles. The Morgan fingerprint density at radius 2 is 2.04 bits per heavy atom. The lowest BCUT2D eigenvalue weighted by molar-refractivity contribution is -0.161. The van der Waals surface area contributed by atoms with Crippen LogP contribution in [0, 0.1) is 5.82 Å². The van der Waals surface area contributed by atoms with Crippen LogP contribution in [0.15, 0.2) is 30.3 Å². The zero-order chi connectivity index (χ0) is 16.3. The summed E-state index contributed by atoms with van der Waals surface area (Å²) in [5, 5.41) is 7.10. The molecule has 0 bridgehead atoms. The number of nitrogens with zero attached hydrogens (tertiary/aromatic N) is 3. The van der Waals surface area contributed by atoms with Crippen molar-refractivity contribution in [3.63, 3.8) is 0 Å². The lowest BCUT2D eigenvalue weighted by atomic mass is 9.61. The van der Waals surface area contributed by atoms with E-state index in [1.54, 1.807) is 18.2 Å². The molecule has 2 unspecified atom stereocenters. The number of piperazine rings is 1. The van der Waals surface area contributed by atoms with Crippen molar-refractivity contribution in [2.24, 2.45) is 0 Å². The number of nitrogens with one attached hydrogen (secondary N) is 1. The SMILES string of the molecule is O=C(c1cc(-c2ccc(F)cc2)n[nH]1)N1CCN2CCC23CCC13. The van der Waals surface area contributed by atoms with Crippen LogP contribution in [0.2, 0.25) is 0 Å². The van der Waals surface area contributed by atoms with Crippen LogP contribution in [0.5, 0.6) is 0 Å². The summed E-state index contributed by atoms with van der Waals surface area (Å²) < 4.78 is 13.0. The normalized spacial score (nSPS) is 28.5. The zero-order valence-corrected chi connectivity index (χ0v) is 13.3. The molecule has 1 aromatic carbocycles. The second kappa shape index (κ2) is 4.89. The molecule has 3 aliphatic rings. The van der Waals surface area contributed by atoms with Gasteiger partial charge in [-0.3, -0.25) is 14.8 Å². The predicted octanol–water partition coefficient (Wildman–Crippen LogP) is 2.28. The largest absolute Gasteiger partial charge is 0.331 e. The number of hydrogen-bond acceptors (Lipinski definition) is 3. The summed E-state index contributed by atoms with van der Waals surface area (Å²) >= 11 is 0. The summed E-state index contributed by atoms with van der Waals surface area (Å²) in [6.45, 7) is 2.94. The van der Waals surface area contributed by atoms with Gasteiger partial charge in [0.05, 0.1) is 11.7 Å². The Balaban J connectivity index is 1.39. The van der Waals surface area contributed by atoms with E-state index in [0.29, 0.717) is 17.4 Å². The average Bonchev–Trinajstić information content (AvgIpc) is 3.01. The highest BCUT2D eigenvalue weighted by Crippen LogP contribution is 2.51. The number of aromatic amines is 1. The standard InChI is InChI=1S/C18H19FN4O/c19-13-3-1-12(2-4-13)14-11-15(21-20-14)17(24)23-10-9-22-8-7-18(22)6-5-16(18)23/h1-4,11,16H,5-10H2,(H,20,21). The van der Waals surface area contributed by atoms with E-state index in [4.69, 9.17) is 0 Å². The highest BCUT2D eigenvalue weighted by molar-refractivity contribution is 5.94.